The van der Waals surface area contributed by atoms with Crippen LogP contribution in [0.25, 0.3) is 0 Å². The fourth-order valence-electron chi connectivity index (χ4n) is 2.15. The summed E-state index contributed by atoms with van der Waals surface area (Å²) in [5.41, 5.74) is 6.05. The number of hydrogen-bond donors (Lipinski definition) is 2. The van der Waals surface area contributed by atoms with Gasteiger partial charge in [0, 0.05) is 19.2 Å². The Morgan fingerprint density at radius 2 is 1.92 bits per heavy atom. The number of primary amides is 1. The lowest BCUT2D eigenvalue weighted by Crippen LogP contribution is -2.20. The van der Waals surface area contributed by atoms with E-state index in [1.165, 1.54) is 24.3 Å². The highest BCUT2D eigenvalue weighted by Crippen LogP contribution is 2.33. The lowest BCUT2D eigenvalue weighted by Gasteiger charge is -2.13. The fourth-order valence-corrected chi connectivity index (χ4v) is 2.71. The first-order chi connectivity index (χ1) is 12.0. The first-order valence-electron chi connectivity index (χ1n) is 8.28. The van der Waals surface area contributed by atoms with Gasteiger partial charge in [0.25, 0.3) is 5.91 Å². The van der Waals surface area contributed by atoms with Crippen molar-refractivity contribution < 1.29 is 17.4 Å². The van der Waals surface area contributed by atoms with E-state index in [2.05, 4.69) is 0 Å². The third-order valence-electron chi connectivity index (χ3n) is 3.32. The Kier molecular flexibility index (Phi) is 5.06. The van der Waals surface area contributed by atoms with Crippen LogP contribution >= 0.6 is 23.2 Å². The number of carbonyl (C=O) groups excluding carboxylic acids is 1. The number of nitrogens with two attached hydrogens (primary N) is 1. The van der Waals surface area contributed by atoms with Gasteiger partial charge in [-0.2, -0.15) is 0 Å². The van der Waals surface area contributed by atoms with Crippen LogP contribution in [0, 0.1) is 0 Å². The van der Waals surface area contributed by atoms with E-state index in [0.29, 0.717) is 11.1 Å². The van der Waals surface area contributed by atoms with Gasteiger partial charge in [-0.05, 0) is 40.8 Å². The van der Waals surface area contributed by atoms with Crippen LogP contribution in [0.5, 0.6) is 11.5 Å². The molecule has 0 unspecified atom stereocenters. The van der Waals surface area contributed by atoms with Crippen LogP contribution in [-0.2, 0) is 11.2 Å². The SMILES string of the molecule is [2H]C([2H])(c1ccc(O)c(C(C)C)c1)c1c(Cl)cc(OCC(N)=O)cc1Cl. The molecule has 0 aliphatic rings. The Bertz CT molecular complexity index is 818. The van der Waals surface area contributed by atoms with Gasteiger partial charge in [0.1, 0.15) is 11.5 Å². The molecule has 0 atom stereocenters. The minimum absolute atomic E-state index is 0.0151. The molecule has 0 radical (unpaired) electrons. The van der Waals surface area contributed by atoms with Gasteiger partial charge >= 0.3 is 0 Å². The van der Waals surface area contributed by atoms with E-state index in [1.807, 2.05) is 13.8 Å². The molecule has 0 aromatic heterocycles. The van der Waals surface area contributed by atoms with Crippen molar-refractivity contribution in [2.75, 3.05) is 6.61 Å². The number of benzene rings is 2. The summed E-state index contributed by atoms with van der Waals surface area (Å²) in [6.45, 7) is 3.47. The van der Waals surface area contributed by atoms with Crippen molar-refractivity contribution in [3.8, 4) is 11.5 Å². The predicted octanol–water partition coefficient (Wildman–Crippen LogP) is 4.28. The van der Waals surface area contributed by atoms with E-state index < -0.39 is 12.3 Å². The van der Waals surface area contributed by atoms with Crippen molar-refractivity contribution in [3.63, 3.8) is 0 Å². The number of rotatable bonds is 6. The molecule has 128 valence electrons. The Labute approximate surface area is 154 Å². The van der Waals surface area contributed by atoms with E-state index in [-0.39, 0.29) is 39.6 Å². The number of aromatic hydroxyl groups is 1. The second-order valence-electron chi connectivity index (χ2n) is 5.57. The van der Waals surface area contributed by atoms with Gasteiger partial charge in [0.2, 0.25) is 0 Å². The number of carbonyl (C=O) groups is 1. The zero-order chi connectivity index (χ0) is 19.6. The third kappa shape index (κ3) is 4.56. The summed E-state index contributed by atoms with van der Waals surface area (Å²) in [5, 5.41) is 10.1. The topological polar surface area (TPSA) is 72.6 Å². The van der Waals surface area contributed by atoms with Crippen molar-refractivity contribution in [3.05, 3.63) is 57.1 Å². The summed E-state index contributed by atoms with van der Waals surface area (Å²) in [5.74, 6) is -0.318. The fraction of sp³-hybridized carbons (Fsp3) is 0.278. The molecule has 4 nitrogen and oxygen atoms in total. The average molecular weight is 370 g/mol. The van der Waals surface area contributed by atoms with E-state index in [1.54, 1.807) is 6.07 Å². The zero-order valence-electron chi connectivity index (χ0n) is 15.3. The number of ether oxygens (including phenoxy) is 1. The van der Waals surface area contributed by atoms with Gasteiger partial charge < -0.3 is 15.6 Å². The average Bonchev–Trinajstić information content (AvgIpc) is 2.51. The van der Waals surface area contributed by atoms with Crippen LogP contribution < -0.4 is 10.5 Å². The van der Waals surface area contributed by atoms with E-state index in [4.69, 9.17) is 36.4 Å². The smallest absolute Gasteiger partial charge is 0.255 e. The summed E-state index contributed by atoms with van der Waals surface area (Å²) in [7, 11) is 0. The lowest BCUT2D eigenvalue weighted by atomic mass is 9.96. The Balaban J connectivity index is 2.49. The van der Waals surface area contributed by atoms with E-state index >= 15 is 0 Å². The minimum Gasteiger partial charge on any atom is -0.508 e. The van der Waals surface area contributed by atoms with Crippen molar-refractivity contribution in [1.29, 1.82) is 0 Å². The number of hydrogen-bond acceptors (Lipinski definition) is 3. The molecule has 2 aromatic carbocycles. The Morgan fingerprint density at radius 1 is 1.29 bits per heavy atom. The molecule has 24 heavy (non-hydrogen) atoms. The van der Waals surface area contributed by atoms with E-state index in [9.17, 15) is 9.90 Å². The standard InChI is InChI=1S/C18H19Cl2NO3/c1-10(2)13-5-11(3-4-17(13)22)6-14-15(19)7-12(8-16(14)20)24-9-18(21)23/h3-5,7-8,10,22H,6,9H2,1-2H3,(H2,21,23)/i6D2. The highest BCUT2D eigenvalue weighted by molar-refractivity contribution is 6.36. The summed E-state index contributed by atoms with van der Waals surface area (Å²) in [6.07, 6.45) is -2.01. The number of phenolic OH excluding ortho intramolecular Hbond substituents is 1. The van der Waals surface area contributed by atoms with Crippen LogP contribution in [0.3, 0.4) is 0 Å². The quantitative estimate of drug-likeness (QED) is 0.797. The highest BCUT2D eigenvalue weighted by atomic mass is 35.5. The summed E-state index contributed by atoms with van der Waals surface area (Å²) in [4.78, 5) is 10.8. The molecule has 2 aromatic rings. The highest BCUT2D eigenvalue weighted by Gasteiger charge is 2.13. The molecule has 0 saturated heterocycles. The first kappa shape index (κ1) is 15.6. The Hall–Kier alpha value is -1.91. The zero-order valence-corrected chi connectivity index (χ0v) is 14.8. The minimum atomic E-state index is -2.01. The summed E-state index contributed by atoms with van der Waals surface area (Å²) in [6, 6.07) is 7.31. The van der Waals surface area contributed by atoms with Gasteiger partial charge in [0.05, 0.1) is 0 Å². The van der Waals surface area contributed by atoms with Crippen molar-refractivity contribution in [1.82, 2.24) is 0 Å². The normalized spacial score (nSPS) is 12.7. The maximum absolute atomic E-state index is 10.8. The molecule has 1 amide bonds. The number of halogens is 2. The van der Waals surface area contributed by atoms with Gasteiger partial charge in [-0.3, -0.25) is 4.79 Å². The van der Waals surface area contributed by atoms with Crippen LogP contribution in [0.4, 0.5) is 0 Å². The molecule has 0 heterocycles. The van der Waals surface area contributed by atoms with E-state index in [0.717, 1.165) is 0 Å². The molecule has 0 bridgehead atoms. The maximum Gasteiger partial charge on any atom is 0.255 e. The van der Waals surface area contributed by atoms with Crippen LogP contribution in [-0.4, -0.2) is 17.6 Å². The molecule has 0 spiro atoms. The number of phenols is 1. The van der Waals surface area contributed by atoms with Crippen molar-refractivity contribution in [2.24, 2.45) is 5.73 Å². The second kappa shape index (κ2) is 7.77. The lowest BCUT2D eigenvalue weighted by molar-refractivity contribution is -0.119. The molecule has 2 rings (SSSR count). The van der Waals surface area contributed by atoms with Crippen molar-refractivity contribution in [2.45, 2.75) is 26.1 Å². The Morgan fingerprint density at radius 3 is 2.46 bits per heavy atom. The largest absolute Gasteiger partial charge is 0.508 e. The van der Waals surface area contributed by atoms with Gasteiger partial charge in [-0.1, -0.05) is 49.2 Å². The molecule has 0 aliphatic heterocycles. The van der Waals surface area contributed by atoms with Crippen LogP contribution in [0.1, 0.15) is 39.2 Å². The predicted molar refractivity (Wildman–Crippen MR) is 96.2 cm³/mol. The van der Waals surface area contributed by atoms with Gasteiger partial charge in [-0.15, -0.1) is 0 Å². The second-order valence-corrected chi connectivity index (χ2v) is 6.38. The summed E-state index contributed by atoms with van der Waals surface area (Å²) < 4.78 is 22.2. The molecule has 3 N–H and O–H groups in total. The summed E-state index contributed by atoms with van der Waals surface area (Å²) >= 11 is 12.5. The monoisotopic (exact) mass is 369 g/mol. The maximum atomic E-state index is 10.8. The van der Waals surface area contributed by atoms with Crippen LogP contribution in [0.15, 0.2) is 30.3 Å². The third-order valence-corrected chi connectivity index (χ3v) is 3.91. The van der Waals surface area contributed by atoms with Crippen LogP contribution in [0.2, 0.25) is 10.0 Å². The number of amides is 1. The molecule has 0 fully saturated rings. The van der Waals surface area contributed by atoms with Gasteiger partial charge in [0.15, 0.2) is 6.61 Å². The van der Waals surface area contributed by atoms with Gasteiger partial charge in [-0.25, -0.2) is 0 Å². The molecule has 0 aliphatic carbocycles. The molecule has 6 heteroatoms. The molecular weight excluding hydrogens is 349 g/mol. The first-order valence-corrected chi connectivity index (χ1v) is 8.03. The molecular formula is C18H19Cl2NO3. The van der Waals surface area contributed by atoms with Crippen molar-refractivity contribution >= 4 is 29.1 Å². The molecule has 0 saturated carbocycles.